The van der Waals surface area contributed by atoms with E-state index in [9.17, 15) is 4.79 Å². The molecule has 0 unspecified atom stereocenters. The molecular weight excluding hydrogens is 190 g/mol. The summed E-state index contributed by atoms with van der Waals surface area (Å²) >= 11 is 1.48. The van der Waals surface area contributed by atoms with Crippen LogP contribution in [0.5, 0.6) is 5.88 Å². The number of ether oxygens (including phenoxy) is 1. The van der Waals surface area contributed by atoms with Crippen molar-refractivity contribution in [2.75, 3.05) is 6.61 Å². The molecule has 0 aromatic carbocycles. The lowest BCUT2D eigenvalue weighted by molar-refractivity contribution is -0.139. The first-order valence-electron chi connectivity index (χ1n) is 3.89. The van der Waals surface area contributed by atoms with Gasteiger partial charge in [0.1, 0.15) is 0 Å². The summed E-state index contributed by atoms with van der Waals surface area (Å²) in [5.74, 6) is -0.234. The molecule has 1 aromatic rings. The molecule has 1 aromatic heterocycles. The minimum absolute atomic E-state index is 0.332. The molecule has 72 valence electrons. The Labute approximate surface area is 80.2 Å². The average molecular weight is 201 g/mol. The third-order valence-corrected chi connectivity index (χ3v) is 2.46. The number of hydrogen-bond donors (Lipinski definition) is 1. The van der Waals surface area contributed by atoms with Crippen molar-refractivity contribution < 1.29 is 14.6 Å². The lowest BCUT2D eigenvalue weighted by Crippen LogP contribution is -2.09. The van der Waals surface area contributed by atoms with E-state index >= 15 is 0 Å². The van der Waals surface area contributed by atoms with Crippen LogP contribution in [-0.4, -0.2) is 22.7 Å². The highest BCUT2D eigenvalue weighted by molar-refractivity contribution is 7.09. The van der Waals surface area contributed by atoms with Crippen LogP contribution in [0, 0.1) is 0 Å². The second-order valence-corrected chi connectivity index (χ2v) is 3.75. The Balaban J connectivity index is 2.54. The quantitative estimate of drug-likeness (QED) is 0.805. The van der Waals surface area contributed by atoms with Gasteiger partial charge < -0.3 is 9.84 Å². The lowest BCUT2D eigenvalue weighted by atomic mass is 10.2. The highest BCUT2D eigenvalue weighted by Gasteiger charge is 2.07. The zero-order chi connectivity index (χ0) is 9.84. The number of carboxylic acid groups (broad SMARTS) is 1. The molecule has 0 aliphatic heterocycles. The lowest BCUT2D eigenvalue weighted by Gasteiger charge is -1.98. The summed E-state index contributed by atoms with van der Waals surface area (Å²) in [4.78, 5) is 14.3. The Morgan fingerprint density at radius 1 is 1.77 bits per heavy atom. The highest BCUT2D eigenvalue weighted by Crippen LogP contribution is 2.22. The molecule has 1 heterocycles. The van der Waals surface area contributed by atoms with Crippen molar-refractivity contribution in [3.63, 3.8) is 0 Å². The van der Waals surface area contributed by atoms with Crippen molar-refractivity contribution in [2.24, 2.45) is 0 Å². The second-order valence-electron chi connectivity index (χ2n) is 2.86. The van der Waals surface area contributed by atoms with E-state index in [1.165, 1.54) is 11.3 Å². The summed E-state index contributed by atoms with van der Waals surface area (Å²) in [6.07, 6.45) is 0. The molecule has 13 heavy (non-hydrogen) atoms. The molecule has 0 saturated heterocycles. The topological polar surface area (TPSA) is 59.4 Å². The van der Waals surface area contributed by atoms with Crippen LogP contribution in [0.4, 0.5) is 0 Å². The molecule has 4 nitrogen and oxygen atoms in total. The zero-order valence-electron chi connectivity index (χ0n) is 7.48. The van der Waals surface area contributed by atoms with Crippen LogP contribution in [0.3, 0.4) is 0 Å². The molecule has 0 bridgehead atoms. The summed E-state index contributed by atoms with van der Waals surface area (Å²) in [5, 5.41) is 11.0. The normalized spacial score (nSPS) is 10.4. The van der Waals surface area contributed by atoms with E-state index in [4.69, 9.17) is 9.84 Å². The molecule has 1 N–H and O–H groups in total. The fourth-order valence-corrected chi connectivity index (χ4v) is 1.50. The summed E-state index contributed by atoms with van der Waals surface area (Å²) < 4.78 is 4.90. The maximum atomic E-state index is 10.2. The maximum absolute atomic E-state index is 10.2. The molecule has 0 saturated carbocycles. The van der Waals surface area contributed by atoms with Crippen LogP contribution >= 0.6 is 11.3 Å². The Morgan fingerprint density at radius 3 is 2.92 bits per heavy atom. The molecule has 0 spiro atoms. The van der Waals surface area contributed by atoms with Gasteiger partial charge in [-0.3, -0.25) is 0 Å². The van der Waals surface area contributed by atoms with E-state index in [0.717, 1.165) is 5.01 Å². The summed E-state index contributed by atoms with van der Waals surface area (Å²) in [5.41, 5.74) is 0. The van der Waals surface area contributed by atoms with Gasteiger partial charge in [0.05, 0.1) is 10.4 Å². The van der Waals surface area contributed by atoms with Gasteiger partial charge in [-0.2, -0.15) is 0 Å². The fourth-order valence-electron chi connectivity index (χ4n) is 0.739. The molecule has 5 heteroatoms. The van der Waals surface area contributed by atoms with Crippen molar-refractivity contribution in [2.45, 2.75) is 19.8 Å². The van der Waals surface area contributed by atoms with E-state index < -0.39 is 5.97 Å². The second kappa shape index (κ2) is 4.23. The third-order valence-electron chi connectivity index (χ3n) is 1.34. The zero-order valence-corrected chi connectivity index (χ0v) is 8.30. The summed E-state index contributed by atoms with van der Waals surface area (Å²) in [6, 6.07) is 0. The number of nitrogens with zero attached hydrogens (tertiary/aromatic N) is 1. The van der Waals surface area contributed by atoms with Crippen LogP contribution in [0.2, 0.25) is 0 Å². The summed E-state index contributed by atoms with van der Waals surface area (Å²) in [6.45, 7) is 3.72. The van der Waals surface area contributed by atoms with E-state index in [-0.39, 0.29) is 6.61 Å². The van der Waals surface area contributed by atoms with E-state index in [1.54, 1.807) is 5.38 Å². The van der Waals surface area contributed by atoms with Crippen molar-refractivity contribution in [3.05, 3.63) is 10.4 Å². The Bertz CT molecular complexity index is 295. The Hall–Kier alpha value is -1.10. The molecular formula is C8H11NO3S. The van der Waals surface area contributed by atoms with E-state index in [1.807, 2.05) is 13.8 Å². The van der Waals surface area contributed by atoms with Gasteiger partial charge in [-0.05, 0) is 0 Å². The predicted molar refractivity (Wildman–Crippen MR) is 49.3 cm³/mol. The minimum atomic E-state index is -0.987. The van der Waals surface area contributed by atoms with Gasteiger partial charge in [-0.1, -0.05) is 13.8 Å². The average Bonchev–Trinajstić information content (AvgIpc) is 2.48. The number of rotatable bonds is 4. The number of hydrogen-bond acceptors (Lipinski definition) is 4. The Kier molecular flexibility index (Phi) is 3.25. The first-order chi connectivity index (χ1) is 6.09. The first-order valence-corrected chi connectivity index (χ1v) is 4.77. The minimum Gasteiger partial charge on any atom is -0.479 e. The fraction of sp³-hybridized carbons (Fsp3) is 0.500. The smallest absolute Gasteiger partial charge is 0.341 e. The van der Waals surface area contributed by atoms with E-state index in [0.29, 0.717) is 11.8 Å². The van der Waals surface area contributed by atoms with Gasteiger partial charge in [-0.25, -0.2) is 9.78 Å². The molecule has 1 rings (SSSR count). The van der Waals surface area contributed by atoms with Crippen LogP contribution < -0.4 is 4.74 Å². The van der Waals surface area contributed by atoms with Gasteiger partial charge in [0.2, 0.25) is 5.88 Å². The number of carbonyl (C=O) groups is 1. The SMILES string of the molecule is CC(C)c1nc(OCC(=O)O)cs1. The van der Waals surface area contributed by atoms with Crippen molar-refractivity contribution in [1.29, 1.82) is 0 Å². The molecule has 0 fully saturated rings. The third kappa shape index (κ3) is 3.02. The van der Waals surface area contributed by atoms with Crippen LogP contribution in [0.25, 0.3) is 0 Å². The van der Waals surface area contributed by atoms with Gasteiger partial charge in [0, 0.05) is 5.92 Å². The van der Waals surface area contributed by atoms with E-state index in [2.05, 4.69) is 4.98 Å². The van der Waals surface area contributed by atoms with Gasteiger partial charge >= 0.3 is 5.97 Å². The predicted octanol–water partition coefficient (Wildman–Crippen LogP) is 1.73. The van der Waals surface area contributed by atoms with Crippen molar-refractivity contribution >= 4 is 17.3 Å². The first kappa shape index (κ1) is 9.98. The number of thiazole rings is 1. The van der Waals surface area contributed by atoms with Gasteiger partial charge in [0.25, 0.3) is 0 Å². The van der Waals surface area contributed by atoms with Crippen molar-refractivity contribution in [3.8, 4) is 5.88 Å². The summed E-state index contributed by atoms with van der Waals surface area (Å²) in [7, 11) is 0. The molecule has 0 aliphatic carbocycles. The highest BCUT2D eigenvalue weighted by atomic mass is 32.1. The monoisotopic (exact) mass is 201 g/mol. The Morgan fingerprint density at radius 2 is 2.46 bits per heavy atom. The standard InChI is InChI=1S/C8H11NO3S/c1-5(2)8-9-6(4-13-8)12-3-7(10)11/h4-5H,3H2,1-2H3,(H,10,11). The number of aliphatic carboxylic acids is 1. The molecule has 0 amide bonds. The van der Waals surface area contributed by atoms with Crippen LogP contribution in [-0.2, 0) is 4.79 Å². The molecule has 0 radical (unpaired) electrons. The van der Waals surface area contributed by atoms with Gasteiger partial charge in [0.15, 0.2) is 6.61 Å². The van der Waals surface area contributed by atoms with Crippen molar-refractivity contribution in [1.82, 2.24) is 4.98 Å². The van der Waals surface area contributed by atoms with Crippen LogP contribution in [0.15, 0.2) is 5.38 Å². The maximum Gasteiger partial charge on any atom is 0.341 e. The molecule has 0 aliphatic rings. The largest absolute Gasteiger partial charge is 0.479 e. The number of carboxylic acids is 1. The van der Waals surface area contributed by atoms with Gasteiger partial charge in [-0.15, -0.1) is 11.3 Å². The number of aromatic nitrogens is 1. The molecule has 0 atom stereocenters. The van der Waals surface area contributed by atoms with Crippen LogP contribution in [0.1, 0.15) is 24.8 Å².